The Morgan fingerprint density at radius 1 is 1.14 bits per heavy atom. The normalized spacial score (nSPS) is 15.1. The zero-order valence-corrected chi connectivity index (χ0v) is 21.3. The monoisotopic (exact) mass is 479 g/mol. The number of nitrogens with zero attached hydrogens (tertiary/aromatic N) is 3. The summed E-state index contributed by atoms with van der Waals surface area (Å²) >= 11 is 0. The zero-order valence-electron chi connectivity index (χ0n) is 21.3. The van der Waals surface area contributed by atoms with E-state index in [-0.39, 0.29) is 11.9 Å². The number of aryl methyl sites for hydroxylation is 1. The minimum atomic E-state index is -0.137. The maximum atomic E-state index is 13.3. The van der Waals surface area contributed by atoms with Crippen LogP contribution in [0.25, 0.3) is 11.0 Å². The van der Waals surface area contributed by atoms with E-state index in [1.165, 1.54) is 32.1 Å². The molecular formula is C27H37N5O3. The molecule has 2 N–H and O–H groups in total. The maximum absolute atomic E-state index is 13.3. The third kappa shape index (κ3) is 5.52. The van der Waals surface area contributed by atoms with Crippen molar-refractivity contribution in [2.45, 2.75) is 65.0 Å². The van der Waals surface area contributed by atoms with Gasteiger partial charge in [-0.1, -0.05) is 25.3 Å². The van der Waals surface area contributed by atoms with E-state index in [0.29, 0.717) is 35.9 Å². The van der Waals surface area contributed by atoms with Gasteiger partial charge in [0.05, 0.1) is 37.1 Å². The molecule has 2 aromatic heterocycles. The number of benzene rings is 1. The molecule has 8 heteroatoms. The number of fused-ring (bicyclic) bond motifs is 1. The molecule has 1 aliphatic rings. The molecule has 1 unspecified atom stereocenters. The van der Waals surface area contributed by atoms with E-state index in [2.05, 4.69) is 27.6 Å². The number of pyridine rings is 1. The summed E-state index contributed by atoms with van der Waals surface area (Å²) < 4.78 is 12.6. The Kier molecular flexibility index (Phi) is 8.10. The number of methoxy groups -OCH3 is 2. The molecular weight excluding hydrogens is 442 g/mol. The van der Waals surface area contributed by atoms with Crippen molar-refractivity contribution < 1.29 is 14.3 Å². The van der Waals surface area contributed by atoms with Crippen molar-refractivity contribution in [1.82, 2.24) is 20.1 Å². The Hall–Kier alpha value is -3.29. The van der Waals surface area contributed by atoms with E-state index in [1.54, 1.807) is 20.4 Å². The molecule has 1 amide bonds. The van der Waals surface area contributed by atoms with Gasteiger partial charge in [-0.15, -0.1) is 0 Å². The molecule has 1 aromatic carbocycles. The summed E-state index contributed by atoms with van der Waals surface area (Å²) in [4.78, 5) is 17.9. The lowest BCUT2D eigenvalue weighted by Crippen LogP contribution is -2.31. The second-order valence-electron chi connectivity index (χ2n) is 9.27. The summed E-state index contributed by atoms with van der Waals surface area (Å²) in [7, 11) is 3.24. The summed E-state index contributed by atoms with van der Waals surface area (Å²) in [5.41, 5.74) is 3.25. The summed E-state index contributed by atoms with van der Waals surface area (Å²) in [6, 6.07) is 6.08. The van der Waals surface area contributed by atoms with Crippen molar-refractivity contribution in [3.63, 3.8) is 0 Å². The molecule has 0 radical (unpaired) electrons. The van der Waals surface area contributed by atoms with Crippen LogP contribution in [0.3, 0.4) is 0 Å². The van der Waals surface area contributed by atoms with E-state index in [9.17, 15) is 4.79 Å². The standard InChI is InChI=1S/C27H37N5O3/c1-5-32-26-21(17-30-32)25(31-18(2)20-9-7-6-8-10-20)22(16-29-26)27(33)28-14-13-19-11-12-23(34-3)24(15-19)35-4/h11-12,15-18,20H,5-10,13-14H2,1-4H3,(H,28,33)(H,29,31). The first kappa shape index (κ1) is 24.8. The van der Waals surface area contributed by atoms with Gasteiger partial charge in [-0.25, -0.2) is 9.67 Å². The minimum absolute atomic E-state index is 0.137. The highest BCUT2D eigenvalue weighted by Crippen LogP contribution is 2.32. The molecule has 0 aliphatic heterocycles. The third-order valence-electron chi connectivity index (χ3n) is 7.09. The van der Waals surface area contributed by atoms with E-state index in [4.69, 9.17) is 9.47 Å². The van der Waals surface area contributed by atoms with Crippen LogP contribution in [-0.4, -0.2) is 47.5 Å². The van der Waals surface area contributed by atoms with Crippen LogP contribution in [0, 0.1) is 5.92 Å². The fourth-order valence-electron chi connectivity index (χ4n) is 5.02. The number of nitrogens with one attached hydrogen (secondary N) is 2. The highest BCUT2D eigenvalue weighted by atomic mass is 16.5. The Labute approximate surface area is 207 Å². The Morgan fingerprint density at radius 3 is 2.63 bits per heavy atom. The summed E-state index contributed by atoms with van der Waals surface area (Å²) in [5.74, 6) is 1.84. The molecule has 3 aromatic rings. The number of hydrogen-bond donors (Lipinski definition) is 2. The summed E-state index contributed by atoms with van der Waals surface area (Å²) in [6.07, 6.45) is 10.5. The molecule has 0 saturated heterocycles. The van der Waals surface area contributed by atoms with E-state index in [0.717, 1.165) is 28.8 Å². The average Bonchev–Trinajstić information content (AvgIpc) is 3.32. The lowest BCUT2D eigenvalue weighted by Gasteiger charge is -2.29. The lowest BCUT2D eigenvalue weighted by molar-refractivity contribution is 0.0954. The van der Waals surface area contributed by atoms with Gasteiger partial charge in [0.2, 0.25) is 0 Å². The molecule has 1 saturated carbocycles. The SMILES string of the molecule is CCn1ncc2c(NC(C)C3CCCCC3)c(C(=O)NCCc3ccc(OC)c(OC)c3)cnc21. The molecule has 4 rings (SSSR count). The highest BCUT2D eigenvalue weighted by Gasteiger charge is 2.24. The molecule has 1 atom stereocenters. The quantitative estimate of drug-likeness (QED) is 0.433. The number of aromatic nitrogens is 3. The first-order valence-corrected chi connectivity index (χ1v) is 12.7. The Balaban J connectivity index is 1.52. The lowest BCUT2D eigenvalue weighted by atomic mass is 9.84. The van der Waals surface area contributed by atoms with Gasteiger partial charge in [-0.2, -0.15) is 5.10 Å². The second kappa shape index (κ2) is 11.4. The van der Waals surface area contributed by atoms with Gasteiger partial charge in [0.15, 0.2) is 17.1 Å². The van der Waals surface area contributed by atoms with Crippen LogP contribution in [0.15, 0.2) is 30.6 Å². The van der Waals surface area contributed by atoms with Crippen molar-refractivity contribution in [1.29, 1.82) is 0 Å². The van der Waals surface area contributed by atoms with Gasteiger partial charge < -0.3 is 20.1 Å². The Morgan fingerprint density at radius 2 is 1.91 bits per heavy atom. The smallest absolute Gasteiger partial charge is 0.254 e. The minimum Gasteiger partial charge on any atom is -0.493 e. The summed E-state index contributed by atoms with van der Waals surface area (Å²) in [5, 5.41) is 12.1. The largest absolute Gasteiger partial charge is 0.493 e. The van der Waals surface area contributed by atoms with Crippen molar-refractivity contribution in [2.75, 3.05) is 26.1 Å². The van der Waals surface area contributed by atoms with Crippen molar-refractivity contribution in [2.24, 2.45) is 5.92 Å². The number of amides is 1. The predicted octanol–water partition coefficient (Wildman–Crippen LogP) is 4.82. The van der Waals surface area contributed by atoms with E-state index >= 15 is 0 Å². The average molecular weight is 480 g/mol. The van der Waals surface area contributed by atoms with Crippen molar-refractivity contribution >= 4 is 22.6 Å². The number of carbonyl (C=O) groups is 1. The fourth-order valence-corrected chi connectivity index (χ4v) is 5.02. The molecule has 2 heterocycles. The molecule has 35 heavy (non-hydrogen) atoms. The molecule has 0 spiro atoms. The molecule has 1 fully saturated rings. The number of carbonyl (C=O) groups excluding carboxylic acids is 1. The van der Waals surface area contributed by atoms with Crippen molar-refractivity contribution in [3.05, 3.63) is 41.7 Å². The van der Waals surface area contributed by atoms with Crippen LogP contribution >= 0.6 is 0 Å². The topological polar surface area (TPSA) is 90.3 Å². The summed E-state index contributed by atoms with van der Waals surface area (Å²) in [6.45, 7) is 5.50. The van der Waals surface area contributed by atoms with E-state index < -0.39 is 0 Å². The fraction of sp³-hybridized carbons (Fsp3) is 0.519. The van der Waals surface area contributed by atoms with Gasteiger partial charge in [-0.05, 0) is 56.7 Å². The zero-order chi connectivity index (χ0) is 24.8. The first-order chi connectivity index (χ1) is 17.0. The van der Waals surface area contributed by atoms with Crippen LogP contribution in [0.5, 0.6) is 11.5 Å². The van der Waals surface area contributed by atoms with Gasteiger partial charge in [0.1, 0.15) is 0 Å². The molecule has 8 nitrogen and oxygen atoms in total. The van der Waals surface area contributed by atoms with Crippen LogP contribution < -0.4 is 20.1 Å². The van der Waals surface area contributed by atoms with Gasteiger partial charge in [0, 0.05) is 25.3 Å². The number of ether oxygens (including phenoxy) is 2. The number of rotatable bonds is 10. The first-order valence-electron chi connectivity index (χ1n) is 12.7. The predicted molar refractivity (Wildman–Crippen MR) is 138 cm³/mol. The maximum Gasteiger partial charge on any atom is 0.254 e. The Bertz CT molecular complexity index is 1150. The van der Waals surface area contributed by atoms with Crippen molar-refractivity contribution in [3.8, 4) is 11.5 Å². The van der Waals surface area contributed by atoms with Gasteiger partial charge in [0.25, 0.3) is 5.91 Å². The van der Waals surface area contributed by atoms with Crippen LogP contribution in [0.1, 0.15) is 61.9 Å². The van der Waals surface area contributed by atoms with E-state index in [1.807, 2.05) is 36.0 Å². The molecule has 1 aliphatic carbocycles. The third-order valence-corrected chi connectivity index (χ3v) is 7.09. The van der Waals surface area contributed by atoms with Gasteiger partial charge in [-0.3, -0.25) is 4.79 Å². The second-order valence-corrected chi connectivity index (χ2v) is 9.27. The highest BCUT2D eigenvalue weighted by molar-refractivity contribution is 6.06. The van der Waals surface area contributed by atoms with Crippen LogP contribution in [0.2, 0.25) is 0 Å². The molecule has 0 bridgehead atoms. The number of anilines is 1. The molecule has 188 valence electrons. The number of hydrogen-bond acceptors (Lipinski definition) is 6. The van der Waals surface area contributed by atoms with Crippen LogP contribution in [0.4, 0.5) is 5.69 Å². The van der Waals surface area contributed by atoms with Gasteiger partial charge >= 0.3 is 0 Å². The van der Waals surface area contributed by atoms with Crippen LogP contribution in [-0.2, 0) is 13.0 Å².